The fraction of sp³-hybridized carbons (Fsp3) is 0.550. The number of nitrogens with zero attached hydrogens (tertiary/aromatic N) is 2. The Labute approximate surface area is 168 Å². The summed E-state index contributed by atoms with van der Waals surface area (Å²) in [7, 11) is 0. The van der Waals surface area contributed by atoms with Crippen LogP contribution in [0.4, 0.5) is 0 Å². The number of rotatable bonds is 4. The van der Waals surface area contributed by atoms with E-state index >= 15 is 0 Å². The second-order valence-corrected chi connectivity index (χ2v) is 8.66. The van der Waals surface area contributed by atoms with Gasteiger partial charge in [0.2, 0.25) is 0 Å². The zero-order valence-electron chi connectivity index (χ0n) is 16.3. The summed E-state index contributed by atoms with van der Waals surface area (Å²) in [6.45, 7) is 7.08. The lowest BCUT2D eigenvalue weighted by molar-refractivity contribution is -0.0792. The average Bonchev–Trinajstić information content (AvgIpc) is 3.11. The van der Waals surface area contributed by atoms with Crippen LogP contribution in [0.25, 0.3) is 0 Å². The van der Waals surface area contributed by atoms with Crippen molar-refractivity contribution in [3.05, 3.63) is 49.3 Å². The highest BCUT2D eigenvalue weighted by atomic mass is 32.1. The number of aromatic nitrogens is 2. The Bertz CT molecular complexity index is 943. The molecule has 2 N–H and O–H groups in total. The van der Waals surface area contributed by atoms with Gasteiger partial charge in [0.25, 0.3) is 5.91 Å². The molecule has 2 aliphatic rings. The van der Waals surface area contributed by atoms with Gasteiger partial charge in [0.15, 0.2) is 0 Å². The van der Waals surface area contributed by atoms with E-state index in [4.69, 9.17) is 4.74 Å². The van der Waals surface area contributed by atoms with Gasteiger partial charge in [-0.2, -0.15) is 4.98 Å². The maximum atomic E-state index is 12.7. The van der Waals surface area contributed by atoms with Crippen LogP contribution >= 0.6 is 11.3 Å². The van der Waals surface area contributed by atoms with Crippen LogP contribution in [0.2, 0.25) is 0 Å². The molecule has 0 unspecified atom stereocenters. The molecule has 1 saturated heterocycles. The van der Waals surface area contributed by atoms with Crippen LogP contribution in [0.15, 0.2) is 16.9 Å². The number of carbonyl (C=O) groups excluding carboxylic acids is 1. The van der Waals surface area contributed by atoms with Gasteiger partial charge in [0.05, 0.1) is 17.1 Å². The molecule has 2 aliphatic heterocycles. The Morgan fingerprint density at radius 2 is 2.14 bits per heavy atom. The third kappa shape index (κ3) is 3.64. The molecule has 0 radical (unpaired) electrons. The quantitative estimate of drug-likeness (QED) is 0.810. The summed E-state index contributed by atoms with van der Waals surface area (Å²) in [5.41, 5.74) is 2.25. The van der Waals surface area contributed by atoms with Gasteiger partial charge in [-0.05, 0) is 57.5 Å². The van der Waals surface area contributed by atoms with Gasteiger partial charge in [-0.1, -0.05) is 0 Å². The molecule has 0 aliphatic carbocycles. The van der Waals surface area contributed by atoms with Gasteiger partial charge in [-0.25, -0.2) is 4.79 Å². The zero-order valence-corrected chi connectivity index (χ0v) is 17.2. The van der Waals surface area contributed by atoms with Crippen molar-refractivity contribution < 1.29 is 9.53 Å². The van der Waals surface area contributed by atoms with Crippen LogP contribution in [0.5, 0.6) is 0 Å². The molecule has 0 saturated carbocycles. The number of hydrogen-bond donors (Lipinski definition) is 2. The van der Waals surface area contributed by atoms with Crippen molar-refractivity contribution in [2.24, 2.45) is 0 Å². The summed E-state index contributed by atoms with van der Waals surface area (Å²) in [5, 5.41) is 6.33. The highest BCUT2D eigenvalue weighted by molar-refractivity contribution is 7.14. The number of hydrogen-bond acceptors (Lipinski definition) is 6. The molecule has 0 atom stereocenters. The number of piperidine rings is 1. The Morgan fingerprint density at radius 3 is 2.89 bits per heavy atom. The first kappa shape index (κ1) is 19.3. The van der Waals surface area contributed by atoms with Gasteiger partial charge in [-0.3, -0.25) is 9.36 Å². The Balaban J connectivity index is 1.44. The number of carbonyl (C=O) groups is 1. The van der Waals surface area contributed by atoms with E-state index < -0.39 is 0 Å². The van der Waals surface area contributed by atoms with Crippen LogP contribution in [0.1, 0.15) is 44.3 Å². The highest BCUT2D eigenvalue weighted by Gasteiger charge is 2.40. The summed E-state index contributed by atoms with van der Waals surface area (Å²) in [5.74, 6) is -0.0887. The third-order valence-electron chi connectivity index (χ3n) is 5.61. The van der Waals surface area contributed by atoms with E-state index in [2.05, 4.69) is 15.6 Å². The molecule has 150 valence electrons. The van der Waals surface area contributed by atoms with Gasteiger partial charge < -0.3 is 15.4 Å². The fourth-order valence-electron chi connectivity index (χ4n) is 4.19. The number of nitrogens with one attached hydrogen (secondary N) is 2. The summed E-state index contributed by atoms with van der Waals surface area (Å²) in [6, 6.07) is 3.89. The molecular weight excluding hydrogens is 376 g/mol. The molecule has 2 aromatic rings. The van der Waals surface area contributed by atoms with Crippen molar-refractivity contribution in [3.63, 3.8) is 0 Å². The van der Waals surface area contributed by atoms with Gasteiger partial charge >= 0.3 is 5.69 Å². The Hall–Kier alpha value is -2.03. The summed E-state index contributed by atoms with van der Waals surface area (Å²) >= 11 is 1.57. The topological polar surface area (TPSA) is 85.3 Å². The standard InChI is InChI=1S/C20H26N4O3S/c1-13-11-14(2)24(19(26)23-13)9-8-22-18(25)17-12-15-16(28-17)3-10-27-20(15)4-6-21-7-5-20/h11-12,21H,3-10H2,1-2H3,(H,22,25). The number of thiophene rings is 1. The lowest BCUT2D eigenvalue weighted by atomic mass is 9.83. The van der Waals surface area contributed by atoms with Crippen LogP contribution in [-0.2, 0) is 23.3 Å². The van der Waals surface area contributed by atoms with Crippen molar-refractivity contribution in [1.82, 2.24) is 20.2 Å². The zero-order chi connectivity index (χ0) is 19.7. The van der Waals surface area contributed by atoms with Crippen molar-refractivity contribution in [1.29, 1.82) is 0 Å². The van der Waals surface area contributed by atoms with Crippen LogP contribution in [-0.4, -0.2) is 41.7 Å². The molecule has 0 bridgehead atoms. The lowest BCUT2D eigenvalue weighted by Gasteiger charge is -2.40. The smallest absolute Gasteiger partial charge is 0.348 e. The van der Waals surface area contributed by atoms with Gasteiger partial charge in [0.1, 0.15) is 0 Å². The van der Waals surface area contributed by atoms with Crippen LogP contribution in [0.3, 0.4) is 0 Å². The predicted octanol–water partition coefficient (Wildman–Crippen LogP) is 1.50. The number of aryl methyl sites for hydroxylation is 2. The monoisotopic (exact) mass is 402 g/mol. The van der Waals surface area contributed by atoms with Crippen molar-refractivity contribution in [2.45, 2.75) is 45.3 Å². The first-order chi connectivity index (χ1) is 13.5. The molecule has 8 heteroatoms. The minimum atomic E-state index is -0.275. The van der Waals surface area contributed by atoms with Crippen molar-refractivity contribution in [2.75, 3.05) is 26.2 Å². The first-order valence-corrected chi connectivity index (χ1v) is 10.6. The van der Waals surface area contributed by atoms with Crippen molar-refractivity contribution >= 4 is 17.2 Å². The van der Waals surface area contributed by atoms with Crippen molar-refractivity contribution in [3.8, 4) is 0 Å². The SMILES string of the molecule is Cc1cc(C)n(CCNC(=O)c2cc3c(s2)CCOC32CCNCC2)c(=O)n1. The van der Waals surface area contributed by atoms with Crippen LogP contribution in [0, 0.1) is 13.8 Å². The second-order valence-electron chi connectivity index (χ2n) is 7.52. The van der Waals surface area contributed by atoms with Crippen LogP contribution < -0.4 is 16.3 Å². The Kier molecular flexibility index (Phi) is 5.35. The normalized spacial score (nSPS) is 18.1. The van der Waals surface area contributed by atoms with E-state index in [0.717, 1.165) is 49.5 Å². The number of amides is 1. The molecular formula is C20H26N4O3S. The molecule has 1 spiro atoms. The van der Waals surface area contributed by atoms with E-state index in [1.165, 1.54) is 10.4 Å². The van der Waals surface area contributed by atoms with E-state index in [0.29, 0.717) is 18.8 Å². The van der Waals surface area contributed by atoms with E-state index in [9.17, 15) is 9.59 Å². The van der Waals surface area contributed by atoms with E-state index in [1.54, 1.807) is 22.8 Å². The minimum Gasteiger partial charge on any atom is -0.370 e. The lowest BCUT2D eigenvalue weighted by Crippen LogP contribution is -2.44. The number of ether oxygens (including phenoxy) is 1. The molecule has 4 heterocycles. The average molecular weight is 403 g/mol. The predicted molar refractivity (Wildman–Crippen MR) is 108 cm³/mol. The molecule has 1 amide bonds. The molecule has 1 fully saturated rings. The third-order valence-corrected chi connectivity index (χ3v) is 6.80. The second kappa shape index (κ2) is 7.77. The Morgan fingerprint density at radius 1 is 1.36 bits per heavy atom. The summed E-state index contributed by atoms with van der Waals surface area (Å²) < 4.78 is 7.78. The summed E-state index contributed by atoms with van der Waals surface area (Å²) in [4.78, 5) is 30.7. The molecule has 4 rings (SSSR count). The van der Waals surface area contributed by atoms with Gasteiger partial charge in [-0.15, -0.1) is 11.3 Å². The largest absolute Gasteiger partial charge is 0.370 e. The minimum absolute atomic E-state index is 0.0887. The fourth-order valence-corrected chi connectivity index (χ4v) is 5.34. The summed E-state index contributed by atoms with van der Waals surface area (Å²) in [6.07, 6.45) is 2.76. The number of fused-ring (bicyclic) bond motifs is 2. The molecule has 7 nitrogen and oxygen atoms in total. The van der Waals surface area contributed by atoms with E-state index in [-0.39, 0.29) is 17.2 Å². The van der Waals surface area contributed by atoms with E-state index in [1.807, 2.05) is 19.1 Å². The highest BCUT2D eigenvalue weighted by Crippen LogP contribution is 2.43. The maximum absolute atomic E-state index is 12.7. The molecule has 0 aromatic carbocycles. The molecule has 28 heavy (non-hydrogen) atoms. The maximum Gasteiger partial charge on any atom is 0.348 e. The molecule has 2 aromatic heterocycles. The van der Waals surface area contributed by atoms with Gasteiger partial charge in [0, 0.05) is 35.8 Å². The first-order valence-electron chi connectivity index (χ1n) is 9.80.